The van der Waals surface area contributed by atoms with Crippen LogP contribution in [-0.2, 0) is 21.4 Å². The highest BCUT2D eigenvalue weighted by Crippen LogP contribution is 2.50. The summed E-state index contributed by atoms with van der Waals surface area (Å²) in [5.41, 5.74) is -0.660. The molecule has 2 rings (SSSR count). The van der Waals surface area contributed by atoms with Crippen LogP contribution in [0.25, 0.3) is 0 Å². The van der Waals surface area contributed by atoms with E-state index in [0.717, 1.165) is 5.56 Å². The lowest BCUT2D eigenvalue weighted by molar-refractivity contribution is 0.0663. The first kappa shape index (κ1) is 15.8. The molecule has 0 saturated heterocycles. The molecule has 0 unspecified atom stereocenters. The smallest absolute Gasteiger partial charge is 0.421 e. The van der Waals surface area contributed by atoms with E-state index in [1.807, 2.05) is 10.8 Å². The largest absolute Gasteiger partial charge is 0.444 e. The third kappa shape index (κ3) is 3.19. The Bertz CT molecular complexity index is 615. The molecule has 2 N–H and O–H groups in total. The lowest BCUT2D eigenvalue weighted by Crippen LogP contribution is -2.51. The summed E-state index contributed by atoms with van der Waals surface area (Å²) in [7, 11) is -3.98. The molecular formula is C14H19NO5S. The number of rotatable bonds is 5. The van der Waals surface area contributed by atoms with Gasteiger partial charge in [-0.2, -0.15) is 0 Å². The highest BCUT2D eigenvalue weighted by atomic mass is 32.2. The molecule has 7 heteroatoms. The van der Waals surface area contributed by atoms with Crippen molar-refractivity contribution in [2.24, 2.45) is 0 Å². The predicted octanol–water partition coefficient (Wildman–Crippen LogP) is 1.55. The summed E-state index contributed by atoms with van der Waals surface area (Å²) < 4.78 is 29.9. The van der Waals surface area contributed by atoms with E-state index in [0.29, 0.717) is 12.8 Å². The Hall–Kier alpha value is -1.60. The van der Waals surface area contributed by atoms with Gasteiger partial charge < -0.3 is 9.84 Å². The number of hydrogen-bond acceptors (Lipinski definition) is 5. The maximum Gasteiger partial charge on any atom is 0.421 e. The molecule has 1 aliphatic rings. The predicted molar refractivity (Wildman–Crippen MR) is 76.9 cm³/mol. The second kappa shape index (κ2) is 5.31. The van der Waals surface area contributed by atoms with Crippen molar-refractivity contribution in [1.82, 2.24) is 4.72 Å². The van der Waals surface area contributed by atoms with Crippen molar-refractivity contribution in [3.8, 4) is 0 Å². The number of nitrogens with one attached hydrogen (secondary N) is 1. The van der Waals surface area contributed by atoms with Gasteiger partial charge in [-0.25, -0.2) is 17.9 Å². The zero-order valence-electron chi connectivity index (χ0n) is 12.0. The Balaban J connectivity index is 1.97. The van der Waals surface area contributed by atoms with Crippen LogP contribution in [0, 0.1) is 0 Å². The molecule has 0 atom stereocenters. The minimum absolute atomic E-state index is 0.0162. The lowest BCUT2D eigenvalue weighted by Gasteiger charge is -2.28. The molecule has 116 valence electrons. The summed E-state index contributed by atoms with van der Waals surface area (Å²) in [5, 5.41) is 9.99. The van der Waals surface area contributed by atoms with Crippen LogP contribution in [0.3, 0.4) is 0 Å². The lowest BCUT2D eigenvalue weighted by atomic mass is 10.0. The molecule has 1 aromatic rings. The van der Waals surface area contributed by atoms with E-state index in [2.05, 4.69) is 0 Å². The molecule has 0 bridgehead atoms. The van der Waals surface area contributed by atoms with Crippen molar-refractivity contribution in [2.75, 3.05) is 0 Å². The standard InChI is InChI=1S/C14H19NO5S/c1-13(2,17)14(8-9-14)21(18,19)15-12(16)20-10-11-6-4-3-5-7-11/h3-7,17H,8-10H2,1-2H3,(H,15,16). The maximum absolute atomic E-state index is 12.2. The van der Waals surface area contributed by atoms with E-state index < -0.39 is 26.5 Å². The van der Waals surface area contributed by atoms with Crippen LogP contribution in [0.1, 0.15) is 32.3 Å². The fraction of sp³-hybridized carbons (Fsp3) is 0.500. The zero-order valence-corrected chi connectivity index (χ0v) is 12.8. The number of sulfonamides is 1. The average Bonchev–Trinajstić information content (AvgIpc) is 3.18. The van der Waals surface area contributed by atoms with Crippen molar-refractivity contribution >= 4 is 16.1 Å². The van der Waals surface area contributed by atoms with E-state index in [-0.39, 0.29) is 6.61 Å². The number of carbonyl (C=O) groups is 1. The van der Waals surface area contributed by atoms with Crippen molar-refractivity contribution in [1.29, 1.82) is 0 Å². The van der Waals surface area contributed by atoms with Gasteiger partial charge in [0, 0.05) is 0 Å². The summed E-state index contributed by atoms with van der Waals surface area (Å²) >= 11 is 0. The Morgan fingerprint density at radius 3 is 2.38 bits per heavy atom. The molecule has 0 radical (unpaired) electrons. The first-order valence-electron chi connectivity index (χ1n) is 6.63. The number of amides is 1. The van der Waals surface area contributed by atoms with Gasteiger partial charge in [0.05, 0.1) is 5.60 Å². The molecular weight excluding hydrogens is 294 g/mol. The Morgan fingerprint density at radius 2 is 1.90 bits per heavy atom. The van der Waals surface area contributed by atoms with Crippen molar-refractivity contribution in [2.45, 2.75) is 43.6 Å². The Morgan fingerprint density at radius 1 is 1.33 bits per heavy atom. The SMILES string of the molecule is CC(C)(O)C1(S(=O)(=O)NC(=O)OCc2ccccc2)CC1. The summed E-state index contributed by atoms with van der Waals surface area (Å²) in [5.74, 6) is 0. The first-order chi connectivity index (χ1) is 9.68. The molecule has 0 aromatic heterocycles. The van der Waals surface area contributed by atoms with Gasteiger partial charge in [-0.15, -0.1) is 0 Å². The highest BCUT2D eigenvalue weighted by Gasteiger charge is 2.64. The van der Waals surface area contributed by atoms with Gasteiger partial charge in [0.25, 0.3) is 0 Å². The van der Waals surface area contributed by atoms with Gasteiger partial charge in [0.15, 0.2) is 0 Å². The fourth-order valence-corrected chi connectivity index (χ4v) is 4.05. The summed E-state index contributed by atoms with van der Waals surface area (Å²) in [6.45, 7) is 2.83. The number of benzene rings is 1. The summed E-state index contributed by atoms with van der Waals surface area (Å²) in [6, 6.07) is 8.94. The van der Waals surface area contributed by atoms with E-state index >= 15 is 0 Å². The van der Waals surface area contributed by atoms with Crippen LogP contribution < -0.4 is 4.72 Å². The van der Waals surface area contributed by atoms with Crippen LogP contribution in [-0.4, -0.2) is 30.0 Å². The highest BCUT2D eigenvalue weighted by molar-refractivity contribution is 7.91. The number of hydrogen-bond donors (Lipinski definition) is 2. The van der Waals surface area contributed by atoms with Crippen molar-refractivity contribution in [3.05, 3.63) is 35.9 Å². The Kier molecular flexibility index (Phi) is 3.99. The van der Waals surface area contributed by atoms with Crippen LogP contribution in [0.2, 0.25) is 0 Å². The van der Waals surface area contributed by atoms with Crippen LogP contribution in [0.15, 0.2) is 30.3 Å². The van der Waals surface area contributed by atoms with Crippen LogP contribution in [0.4, 0.5) is 4.79 Å². The Labute approximate surface area is 124 Å². The second-order valence-electron chi connectivity index (χ2n) is 5.72. The third-order valence-electron chi connectivity index (χ3n) is 3.76. The maximum atomic E-state index is 12.2. The molecule has 1 aromatic carbocycles. The van der Waals surface area contributed by atoms with Crippen molar-refractivity contribution in [3.63, 3.8) is 0 Å². The summed E-state index contributed by atoms with van der Waals surface area (Å²) in [6.07, 6.45) is -0.398. The number of aliphatic hydroxyl groups is 1. The number of ether oxygens (including phenoxy) is 1. The summed E-state index contributed by atoms with van der Waals surface area (Å²) in [4.78, 5) is 11.6. The first-order valence-corrected chi connectivity index (χ1v) is 8.12. The second-order valence-corrected chi connectivity index (χ2v) is 7.71. The molecule has 1 fully saturated rings. The van der Waals surface area contributed by atoms with E-state index in [9.17, 15) is 18.3 Å². The normalized spacial score (nSPS) is 17.1. The van der Waals surface area contributed by atoms with Crippen LogP contribution in [0.5, 0.6) is 0 Å². The molecule has 0 spiro atoms. The zero-order chi connectivity index (χ0) is 15.7. The average molecular weight is 313 g/mol. The molecule has 1 amide bonds. The van der Waals surface area contributed by atoms with Gasteiger partial charge in [0.1, 0.15) is 11.4 Å². The molecule has 6 nitrogen and oxygen atoms in total. The molecule has 0 heterocycles. The fourth-order valence-electron chi connectivity index (χ4n) is 2.28. The third-order valence-corrected chi connectivity index (χ3v) is 6.14. The molecule has 0 aliphatic heterocycles. The van der Waals surface area contributed by atoms with Gasteiger partial charge in [0.2, 0.25) is 10.0 Å². The van der Waals surface area contributed by atoms with Crippen LogP contribution >= 0.6 is 0 Å². The molecule has 21 heavy (non-hydrogen) atoms. The molecule has 1 saturated carbocycles. The van der Waals surface area contributed by atoms with Crippen molar-refractivity contribution < 1.29 is 23.1 Å². The van der Waals surface area contributed by atoms with Gasteiger partial charge in [-0.05, 0) is 32.3 Å². The molecule has 1 aliphatic carbocycles. The minimum atomic E-state index is -3.98. The minimum Gasteiger partial charge on any atom is -0.444 e. The van der Waals surface area contributed by atoms with E-state index in [1.54, 1.807) is 24.3 Å². The monoisotopic (exact) mass is 313 g/mol. The van der Waals surface area contributed by atoms with Gasteiger partial charge in [-0.3, -0.25) is 0 Å². The quantitative estimate of drug-likeness (QED) is 0.860. The number of carbonyl (C=O) groups excluding carboxylic acids is 1. The van der Waals surface area contributed by atoms with Gasteiger partial charge in [-0.1, -0.05) is 30.3 Å². The van der Waals surface area contributed by atoms with E-state index in [1.165, 1.54) is 13.8 Å². The van der Waals surface area contributed by atoms with E-state index in [4.69, 9.17) is 4.74 Å². The topological polar surface area (TPSA) is 92.7 Å². The van der Waals surface area contributed by atoms with Gasteiger partial charge >= 0.3 is 6.09 Å².